The lowest BCUT2D eigenvalue weighted by molar-refractivity contribution is 0.209. The Bertz CT molecular complexity index is 290. The summed E-state index contributed by atoms with van der Waals surface area (Å²) in [6.45, 7) is 0.252. The first kappa shape index (κ1) is 9.66. The monoisotopic (exact) mass is 194 g/mol. The van der Waals surface area contributed by atoms with Crippen molar-refractivity contribution in [2.45, 2.75) is 19.3 Å². The molecule has 1 saturated carbocycles. The van der Waals surface area contributed by atoms with Crippen molar-refractivity contribution in [2.24, 2.45) is 11.8 Å². The predicted molar refractivity (Wildman–Crippen MR) is 53.4 cm³/mol. The van der Waals surface area contributed by atoms with E-state index in [4.69, 9.17) is 0 Å². The van der Waals surface area contributed by atoms with E-state index >= 15 is 0 Å². The lowest BCUT2D eigenvalue weighted by Crippen LogP contribution is -2.11. The van der Waals surface area contributed by atoms with Crippen molar-refractivity contribution in [3.8, 4) is 0 Å². The van der Waals surface area contributed by atoms with E-state index in [0.29, 0.717) is 11.8 Å². The van der Waals surface area contributed by atoms with Gasteiger partial charge >= 0.3 is 0 Å². The van der Waals surface area contributed by atoms with Gasteiger partial charge in [0.15, 0.2) is 0 Å². The summed E-state index contributed by atoms with van der Waals surface area (Å²) in [7, 11) is 0. The third-order valence-corrected chi connectivity index (χ3v) is 2.93. The smallest absolute Gasteiger partial charge is 0.123 e. The van der Waals surface area contributed by atoms with Gasteiger partial charge in [0.1, 0.15) is 5.82 Å². The lowest BCUT2D eigenvalue weighted by Gasteiger charge is -2.12. The molecule has 0 radical (unpaired) electrons. The minimum Gasteiger partial charge on any atom is -0.396 e. The molecule has 0 bridgehead atoms. The molecule has 1 atom stereocenters. The fourth-order valence-corrected chi connectivity index (χ4v) is 1.87. The van der Waals surface area contributed by atoms with Crippen LogP contribution in [0.25, 0.3) is 0 Å². The maximum atomic E-state index is 12.6. The first-order valence-electron chi connectivity index (χ1n) is 5.15. The first-order chi connectivity index (χ1) is 6.79. The Hall–Kier alpha value is -0.890. The molecule has 1 nitrogen and oxygen atoms in total. The maximum Gasteiger partial charge on any atom is 0.123 e. The van der Waals surface area contributed by atoms with E-state index in [1.54, 1.807) is 12.1 Å². The second-order valence-corrected chi connectivity index (χ2v) is 4.11. The summed E-state index contributed by atoms with van der Waals surface area (Å²) in [4.78, 5) is 0. The second kappa shape index (κ2) is 4.09. The quantitative estimate of drug-likeness (QED) is 0.780. The van der Waals surface area contributed by atoms with E-state index in [9.17, 15) is 9.50 Å². The van der Waals surface area contributed by atoms with Crippen LogP contribution < -0.4 is 0 Å². The summed E-state index contributed by atoms with van der Waals surface area (Å²) in [6.07, 6.45) is 3.36. The Kier molecular flexibility index (Phi) is 2.82. The molecule has 1 N–H and O–H groups in total. The average Bonchev–Trinajstić information content (AvgIpc) is 3.01. The van der Waals surface area contributed by atoms with Crippen molar-refractivity contribution in [3.05, 3.63) is 35.6 Å². The van der Waals surface area contributed by atoms with Crippen LogP contribution in [0.3, 0.4) is 0 Å². The molecular formula is C12H15FO. The summed E-state index contributed by atoms with van der Waals surface area (Å²) in [5.41, 5.74) is 1.12. The molecule has 0 spiro atoms. The maximum absolute atomic E-state index is 12.6. The van der Waals surface area contributed by atoms with E-state index in [0.717, 1.165) is 12.0 Å². The highest BCUT2D eigenvalue weighted by Gasteiger charge is 2.30. The van der Waals surface area contributed by atoms with Gasteiger partial charge in [-0.2, -0.15) is 0 Å². The third kappa shape index (κ3) is 2.32. The number of hydrogen-bond donors (Lipinski definition) is 1. The van der Waals surface area contributed by atoms with Crippen molar-refractivity contribution in [1.29, 1.82) is 0 Å². The van der Waals surface area contributed by atoms with Gasteiger partial charge in [0.05, 0.1) is 0 Å². The Balaban J connectivity index is 1.98. The molecule has 1 aromatic carbocycles. The van der Waals surface area contributed by atoms with Gasteiger partial charge in [-0.25, -0.2) is 4.39 Å². The lowest BCUT2D eigenvalue weighted by atomic mass is 9.96. The van der Waals surface area contributed by atoms with Gasteiger partial charge in [-0.3, -0.25) is 0 Å². The zero-order valence-electron chi connectivity index (χ0n) is 8.12. The van der Waals surface area contributed by atoms with Gasteiger partial charge in [0.25, 0.3) is 0 Å². The van der Waals surface area contributed by atoms with Gasteiger partial charge in [0.2, 0.25) is 0 Å². The molecule has 2 heteroatoms. The fourth-order valence-electron chi connectivity index (χ4n) is 1.87. The van der Waals surface area contributed by atoms with Gasteiger partial charge in [0, 0.05) is 6.61 Å². The molecule has 1 fully saturated rings. The van der Waals surface area contributed by atoms with Crippen LogP contribution in [-0.2, 0) is 6.42 Å². The third-order valence-electron chi connectivity index (χ3n) is 2.93. The Morgan fingerprint density at radius 3 is 2.43 bits per heavy atom. The topological polar surface area (TPSA) is 20.2 Å². The van der Waals surface area contributed by atoms with Crippen LogP contribution in [0.5, 0.6) is 0 Å². The van der Waals surface area contributed by atoms with E-state index in [1.165, 1.54) is 25.0 Å². The highest BCUT2D eigenvalue weighted by atomic mass is 19.1. The number of rotatable bonds is 4. The molecule has 0 heterocycles. The summed E-state index contributed by atoms with van der Waals surface area (Å²) < 4.78 is 12.6. The molecule has 1 aromatic rings. The molecule has 0 aromatic heterocycles. The molecule has 0 amide bonds. The minimum atomic E-state index is -0.194. The number of benzene rings is 1. The SMILES string of the molecule is OCC(Cc1ccc(F)cc1)C1CC1. The molecule has 0 aliphatic heterocycles. The summed E-state index contributed by atoms with van der Waals surface area (Å²) in [5, 5.41) is 9.18. The molecule has 2 rings (SSSR count). The van der Waals surface area contributed by atoms with Crippen molar-refractivity contribution in [1.82, 2.24) is 0 Å². The van der Waals surface area contributed by atoms with E-state index < -0.39 is 0 Å². The zero-order valence-corrected chi connectivity index (χ0v) is 8.12. The molecular weight excluding hydrogens is 179 g/mol. The Morgan fingerprint density at radius 1 is 1.29 bits per heavy atom. The largest absolute Gasteiger partial charge is 0.396 e. The zero-order chi connectivity index (χ0) is 9.97. The van der Waals surface area contributed by atoms with Crippen LogP contribution in [0.2, 0.25) is 0 Å². The van der Waals surface area contributed by atoms with Gasteiger partial charge in [-0.15, -0.1) is 0 Å². The van der Waals surface area contributed by atoms with Crippen molar-refractivity contribution in [3.63, 3.8) is 0 Å². The van der Waals surface area contributed by atoms with Crippen molar-refractivity contribution < 1.29 is 9.50 Å². The molecule has 1 aliphatic carbocycles. The predicted octanol–water partition coefficient (Wildman–Crippen LogP) is 2.39. The number of hydrogen-bond acceptors (Lipinski definition) is 1. The van der Waals surface area contributed by atoms with Crippen molar-refractivity contribution in [2.75, 3.05) is 6.61 Å². The van der Waals surface area contributed by atoms with E-state index in [2.05, 4.69) is 0 Å². The Morgan fingerprint density at radius 2 is 1.93 bits per heavy atom. The van der Waals surface area contributed by atoms with Crippen LogP contribution in [0.15, 0.2) is 24.3 Å². The number of aliphatic hydroxyl groups is 1. The van der Waals surface area contributed by atoms with E-state index in [-0.39, 0.29) is 12.4 Å². The van der Waals surface area contributed by atoms with Gasteiger partial charge in [-0.1, -0.05) is 12.1 Å². The summed E-state index contributed by atoms with van der Waals surface area (Å²) in [5.74, 6) is 0.881. The molecule has 14 heavy (non-hydrogen) atoms. The van der Waals surface area contributed by atoms with Gasteiger partial charge < -0.3 is 5.11 Å². The van der Waals surface area contributed by atoms with Crippen LogP contribution >= 0.6 is 0 Å². The molecule has 1 unspecified atom stereocenters. The first-order valence-corrected chi connectivity index (χ1v) is 5.15. The second-order valence-electron chi connectivity index (χ2n) is 4.11. The number of halogens is 1. The van der Waals surface area contributed by atoms with Gasteiger partial charge in [-0.05, 0) is 48.8 Å². The van der Waals surface area contributed by atoms with Crippen LogP contribution in [0.1, 0.15) is 18.4 Å². The molecule has 1 aliphatic rings. The highest BCUT2D eigenvalue weighted by Crippen LogP contribution is 2.38. The standard InChI is InChI=1S/C12H15FO/c13-12-5-1-9(2-6-12)7-11(8-14)10-3-4-10/h1-2,5-6,10-11,14H,3-4,7-8H2. The van der Waals surface area contributed by atoms with E-state index in [1.807, 2.05) is 0 Å². The van der Waals surface area contributed by atoms with Crippen LogP contribution in [-0.4, -0.2) is 11.7 Å². The van der Waals surface area contributed by atoms with Crippen LogP contribution in [0, 0.1) is 17.7 Å². The van der Waals surface area contributed by atoms with Crippen molar-refractivity contribution >= 4 is 0 Å². The highest BCUT2D eigenvalue weighted by molar-refractivity contribution is 5.17. The molecule has 76 valence electrons. The normalized spacial score (nSPS) is 18.1. The minimum absolute atomic E-state index is 0.194. The summed E-state index contributed by atoms with van der Waals surface area (Å²) >= 11 is 0. The fraction of sp³-hybridized carbons (Fsp3) is 0.500. The number of aliphatic hydroxyl groups excluding tert-OH is 1. The van der Waals surface area contributed by atoms with Crippen LogP contribution in [0.4, 0.5) is 4.39 Å². The summed E-state index contributed by atoms with van der Waals surface area (Å²) in [6, 6.07) is 6.58. The Labute approximate surface area is 83.6 Å². The molecule has 0 saturated heterocycles. The average molecular weight is 194 g/mol.